The molecular formula is C15H24N4. The van der Waals surface area contributed by atoms with Crippen molar-refractivity contribution in [2.45, 2.75) is 46.2 Å². The number of likely N-dealkylation sites (tertiary alicyclic amines) is 1. The third-order valence-electron chi connectivity index (χ3n) is 4.57. The smallest absolute Gasteiger partial charge is 0.147 e. The van der Waals surface area contributed by atoms with Crippen LogP contribution in [0, 0.1) is 11.8 Å². The van der Waals surface area contributed by atoms with Crippen molar-refractivity contribution in [2.24, 2.45) is 11.8 Å². The standard InChI is InChI=1S/C15H24N4/c1-11(2)19-10-16-17-15(19)9-18-7-13-5-4-12(3)6-14(13)8-18/h4,10-11,13-14H,5-9H2,1-3H3/t13-,14+/m1/s1. The van der Waals surface area contributed by atoms with Crippen LogP contribution in [0.25, 0.3) is 0 Å². The lowest BCUT2D eigenvalue weighted by molar-refractivity contribution is 0.297. The number of fused-ring (bicyclic) bond motifs is 1. The summed E-state index contributed by atoms with van der Waals surface area (Å²) in [6.07, 6.45) is 6.85. The maximum absolute atomic E-state index is 4.29. The minimum atomic E-state index is 0.443. The second kappa shape index (κ2) is 5.08. The van der Waals surface area contributed by atoms with Crippen molar-refractivity contribution < 1.29 is 0 Å². The molecule has 1 fully saturated rings. The van der Waals surface area contributed by atoms with Gasteiger partial charge >= 0.3 is 0 Å². The predicted octanol–water partition coefficient (Wildman–Crippen LogP) is 2.65. The molecule has 0 bridgehead atoms. The van der Waals surface area contributed by atoms with Gasteiger partial charge in [0.25, 0.3) is 0 Å². The fourth-order valence-corrected chi connectivity index (χ4v) is 3.52. The lowest BCUT2D eigenvalue weighted by atomic mass is 9.83. The van der Waals surface area contributed by atoms with E-state index >= 15 is 0 Å². The van der Waals surface area contributed by atoms with Gasteiger partial charge in [-0.1, -0.05) is 11.6 Å². The van der Waals surface area contributed by atoms with Crippen LogP contribution < -0.4 is 0 Å². The first kappa shape index (κ1) is 12.9. The van der Waals surface area contributed by atoms with E-state index in [-0.39, 0.29) is 0 Å². The molecule has 2 aliphatic rings. The van der Waals surface area contributed by atoms with Gasteiger partial charge in [0.1, 0.15) is 12.2 Å². The van der Waals surface area contributed by atoms with Crippen molar-refractivity contribution in [3.63, 3.8) is 0 Å². The summed E-state index contributed by atoms with van der Waals surface area (Å²) in [6.45, 7) is 10.0. The molecule has 19 heavy (non-hydrogen) atoms. The van der Waals surface area contributed by atoms with Crippen LogP contribution in [-0.4, -0.2) is 32.8 Å². The summed E-state index contributed by atoms with van der Waals surface area (Å²) in [5, 5.41) is 8.36. The molecule has 0 aromatic carbocycles. The summed E-state index contributed by atoms with van der Waals surface area (Å²) in [4.78, 5) is 2.56. The Balaban J connectivity index is 1.65. The van der Waals surface area contributed by atoms with Crippen molar-refractivity contribution in [1.82, 2.24) is 19.7 Å². The second-order valence-electron chi connectivity index (χ2n) is 6.45. The molecule has 1 aromatic heterocycles. The van der Waals surface area contributed by atoms with E-state index in [4.69, 9.17) is 0 Å². The van der Waals surface area contributed by atoms with Gasteiger partial charge in [-0.25, -0.2) is 0 Å². The van der Waals surface area contributed by atoms with E-state index in [9.17, 15) is 0 Å². The summed E-state index contributed by atoms with van der Waals surface area (Å²) >= 11 is 0. The Morgan fingerprint density at radius 3 is 2.89 bits per heavy atom. The molecule has 0 radical (unpaired) electrons. The third kappa shape index (κ3) is 2.59. The molecule has 0 unspecified atom stereocenters. The Bertz CT molecular complexity index is 474. The third-order valence-corrected chi connectivity index (χ3v) is 4.57. The SMILES string of the molecule is CC1=CC[C@@H]2CN(Cc3nncn3C(C)C)C[C@@H]2C1. The van der Waals surface area contributed by atoms with Crippen LogP contribution >= 0.6 is 0 Å². The van der Waals surface area contributed by atoms with Gasteiger partial charge in [0.15, 0.2) is 0 Å². The van der Waals surface area contributed by atoms with Gasteiger partial charge < -0.3 is 4.57 Å². The zero-order valence-corrected chi connectivity index (χ0v) is 12.2. The number of allylic oxidation sites excluding steroid dienone is 2. The molecule has 4 heteroatoms. The largest absolute Gasteiger partial charge is 0.314 e. The quantitative estimate of drug-likeness (QED) is 0.784. The van der Waals surface area contributed by atoms with Gasteiger partial charge in [-0.05, 0) is 45.4 Å². The van der Waals surface area contributed by atoms with Crippen LogP contribution in [0.3, 0.4) is 0 Å². The maximum Gasteiger partial charge on any atom is 0.147 e. The molecule has 2 atom stereocenters. The summed E-state index contributed by atoms with van der Waals surface area (Å²) in [5.41, 5.74) is 1.58. The fourth-order valence-electron chi connectivity index (χ4n) is 3.52. The Morgan fingerprint density at radius 2 is 2.11 bits per heavy atom. The first-order valence-electron chi connectivity index (χ1n) is 7.40. The number of hydrogen-bond acceptors (Lipinski definition) is 3. The van der Waals surface area contributed by atoms with E-state index in [1.165, 1.54) is 25.9 Å². The molecule has 0 saturated carbocycles. The highest BCUT2D eigenvalue weighted by Gasteiger charge is 2.34. The zero-order chi connectivity index (χ0) is 13.4. The highest BCUT2D eigenvalue weighted by molar-refractivity contribution is 5.08. The Hall–Kier alpha value is -1.16. The van der Waals surface area contributed by atoms with Gasteiger partial charge in [-0.3, -0.25) is 4.90 Å². The van der Waals surface area contributed by atoms with E-state index in [0.717, 1.165) is 24.2 Å². The lowest BCUT2D eigenvalue weighted by Crippen LogP contribution is -2.23. The predicted molar refractivity (Wildman–Crippen MR) is 75.7 cm³/mol. The van der Waals surface area contributed by atoms with E-state index in [1.54, 1.807) is 5.57 Å². The van der Waals surface area contributed by atoms with Crippen molar-refractivity contribution in [3.8, 4) is 0 Å². The normalized spacial score (nSPS) is 27.7. The topological polar surface area (TPSA) is 34.0 Å². The van der Waals surface area contributed by atoms with E-state index in [0.29, 0.717) is 6.04 Å². The molecule has 1 aliphatic carbocycles. The first-order chi connectivity index (χ1) is 9.13. The van der Waals surface area contributed by atoms with Crippen molar-refractivity contribution in [2.75, 3.05) is 13.1 Å². The number of rotatable bonds is 3. The molecule has 1 saturated heterocycles. The van der Waals surface area contributed by atoms with Gasteiger partial charge in [0, 0.05) is 19.1 Å². The van der Waals surface area contributed by atoms with Gasteiger partial charge in [0.2, 0.25) is 0 Å². The molecular weight excluding hydrogens is 236 g/mol. The minimum absolute atomic E-state index is 0.443. The van der Waals surface area contributed by atoms with Crippen LogP contribution in [0.15, 0.2) is 18.0 Å². The zero-order valence-electron chi connectivity index (χ0n) is 12.2. The van der Waals surface area contributed by atoms with Crippen molar-refractivity contribution in [1.29, 1.82) is 0 Å². The molecule has 0 spiro atoms. The summed E-state index contributed by atoms with van der Waals surface area (Å²) in [5.74, 6) is 2.83. The van der Waals surface area contributed by atoms with Gasteiger partial charge in [-0.15, -0.1) is 10.2 Å². The summed E-state index contributed by atoms with van der Waals surface area (Å²) in [6, 6.07) is 0.443. The second-order valence-corrected chi connectivity index (χ2v) is 6.45. The van der Waals surface area contributed by atoms with Crippen LogP contribution in [0.1, 0.15) is 45.5 Å². The average Bonchev–Trinajstić information content (AvgIpc) is 2.95. The monoisotopic (exact) mass is 260 g/mol. The van der Waals surface area contributed by atoms with E-state index < -0.39 is 0 Å². The molecule has 0 amide bonds. The Kier molecular flexibility index (Phi) is 3.44. The molecule has 0 N–H and O–H groups in total. The Morgan fingerprint density at radius 1 is 1.32 bits per heavy atom. The van der Waals surface area contributed by atoms with Crippen LogP contribution in [-0.2, 0) is 6.54 Å². The molecule has 104 valence electrons. The van der Waals surface area contributed by atoms with Gasteiger partial charge in [0.05, 0.1) is 6.54 Å². The summed E-state index contributed by atoms with van der Waals surface area (Å²) < 4.78 is 2.19. The number of aromatic nitrogens is 3. The maximum atomic E-state index is 4.29. The highest BCUT2D eigenvalue weighted by atomic mass is 15.3. The van der Waals surface area contributed by atoms with Crippen molar-refractivity contribution >= 4 is 0 Å². The molecule has 3 rings (SSSR count). The van der Waals surface area contributed by atoms with Crippen LogP contribution in [0.5, 0.6) is 0 Å². The minimum Gasteiger partial charge on any atom is -0.314 e. The first-order valence-corrected chi connectivity index (χ1v) is 7.40. The number of nitrogens with zero attached hydrogens (tertiary/aromatic N) is 4. The molecule has 1 aromatic rings. The summed E-state index contributed by atoms with van der Waals surface area (Å²) in [7, 11) is 0. The molecule has 1 aliphatic heterocycles. The molecule has 4 nitrogen and oxygen atoms in total. The van der Waals surface area contributed by atoms with Gasteiger partial charge in [-0.2, -0.15) is 0 Å². The number of hydrogen-bond donors (Lipinski definition) is 0. The van der Waals surface area contributed by atoms with E-state index in [2.05, 4.69) is 46.5 Å². The highest BCUT2D eigenvalue weighted by Crippen LogP contribution is 2.36. The fraction of sp³-hybridized carbons (Fsp3) is 0.733. The van der Waals surface area contributed by atoms with Crippen molar-refractivity contribution in [3.05, 3.63) is 23.8 Å². The lowest BCUT2D eigenvalue weighted by Gasteiger charge is -2.22. The Labute approximate surface area is 115 Å². The van der Waals surface area contributed by atoms with Crippen LogP contribution in [0.2, 0.25) is 0 Å². The van der Waals surface area contributed by atoms with E-state index in [1.807, 2.05) is 6.33 Å². The van der Waals surface area contributed by atoms with Crippen LogP contribution in [0.4, 0.5) is 0 Å². The molecule has 2 heterocycles. The average molecular weight is 260 g/mol.